The molecule has 1 saturated carbocycles. The number of rotatable bonds is 3. The topological polar surface area (TPSA) is 55.1 Å². The minimum atomic E-state index is 0. The summed E-state index contributed by atoms with van der Waals surface area (Å²) in [5.74, 6) is 0.589. The Morgan fingerprint density at radius 1 is 1.39 bits per heavy atom. The quantitative estimate of drug-likeness (QED) is 0.886. The van der Waals surface area contributed by atoms with E-state index in [1.165, 1.54) is 0 Å². The van der Waals surface area contributed by atoms with E-state index in [-0.39, 0.29) is 24.2 Å². The van der Waals surface area contributed by atoms with Gasteiger partial charge in [-0.1, -0.05) is 24.6 Å². The van der Waals surface area contributed by atoms with Crippen LogP contribution in [0.5, 0.6) is 0 Å². The SMILES string of the molecule is Cc1ccccc1NC(=O)[C@@H]1CCC[C@@H]1CN.Cl. The average Bonchev–Trinajstić information content (AvgIpc) is 2.80. The molecule has 18 heavy (non-hydrogen) atoms. The van der Waals surface area contributed by atoms with Gasteiger partial charge in [-0.3, -0.25) is 4.79 Å². The predicted molar refractivity (Wildman–Crippen MR) is 76.9 cm³/mol. The molecule has 0 aliphatic heterocycles. The highest BCUT2D eigenvalue weighted by Gasteiger charge is 2.31. The molecule has 0 aromatic heterocycles. The first-order valence-corrected chi connectivity index (χ1v) is 6.29. The average molecular weight is 269 g/mol. The standard InChI is InChI=1S/C14H20N2O.ClH/c1-10-5-2-3-8-13(10)16-14(17)12-7-4-6-11(12)9-15;/h2-3,5,8,11-12H,4,6-7,9,15H2,1H3,(H,16,17);1H/t11-,12-;/m1./s1. The first-order chi connectivity index (χ1) is 8.22. The number of anilines is 1. The molecule has 100 valence electrons. The van der Waals surface area contributed by atoms with E-state index in [9.17, 15) is 4.79 Å². The summed E-state index contributed by atoms with van der Waals surface area (Å²) in [6.07, 6.45) is 3.18. The minimum absolute atomic E-state index is 0. The maximum atomic E-state index is 12.2. The number of carbonyl (C=O) groups excluding carboxylic acids is 1. The third-order valence-electron chi connectivity index (χ3n) is 3.70. The highest BCUT2D eigenvalue weighted by atomic mass is 35.5. The molecule has 4 heteroatoms. The maximum Gasteiger partial charge on any atom is 0.227 e. The smallest absolute Gasteiger partial charge is 0.227 e. The van der Waals surface area contributed by atoms with E-state index < -0.39 is 0 Å². The van der Waals surface area contributed by atoms with Crippen molar-refractivity contribution in [1.29, 1.82) is 0 Å². The zero-order chi connectivity index (χ0) is 12.3. The van der Waals surface area contributed by atoms with E-state index in [0.717, 1.165) is 30.5 Å². The van der Waals surface area contributed by atoms with Gasteiger partial charge in [-0.2, -0.15) is 0 Å². The largest absolute Gasteiger partial charge is 0.330 e. The van der Waals surface area contributed by atoms with Gasteiger partial charge in [0, 0.05) is 11.6 Å². The summed E-state index contributed by atoms with van der Waals surface area (Å²) >= 11 is 0. The number of aryl methyl sites for hydroxylation is 1. The number of hydrogen-bond donors (Lipinski definition) is 2. The lowest BCUT2D eigenvalue weighted by molar-refractivity contribution is -0.120. The van der Waals surface area contributed by atoms with Gasteiger partial charge in [0.15, 0.2) is 0 Å². The highest BCUT2D eigenvalue weighted by Crippen LogP contribution is 2.32. The second-order valence-electron chi connectivity index (χ2n) is 4.84. The molecule has 1 aromatic rings. The highest BCUT2D eigenvalue weighted by molar-refractivity contribution is 5.93. The Balaban J connectivity index is 0.00000162. The lowest BCUT2D eigenvalue weighted by atomic mass is 9.95. The molecule has 3 N–H and O–H groups in total. The Kier molecular flexibility index (Phi) is 5.63. The lowest BCUT2D eigenvalue weighted by Crippen LogP contribution is -2.29. The number of nitrogens with one attached hydrogen (secondary N) is 1. The monoisotopic (exact) mass is 268 g/mol. The summed E-state index contributed by atoms with van der Waals surface area (Å²) in [6, 6.07) is 7.87. The first kappa shape index (κ1) is 15.0. The summed E-state index contributed by atoms with van der Waals surface area (Å²) in [4.78, 5) is 12.2. The molecular formula is C14H21ClN2O. The molecule has 0 bridgehead atoms. The molecule has 3 nitrogen and oxygen atoms in total. The van der Waals surface area contributed by atoms with Gasteiger partial charge in [0.25, 0.3) is 0 Å². The van der Waals surface area contributed by atoms with Crippen molar-refractivity contribution in [3.05, 3.63) is 29.8 Å². The number of benzene rings is 1. The molecule has 2 rings (SSSR count). The third-order valence-corrected chi connectivity index (χ3v) is 3.70. The lowest BCUT2D eigenvalue weighted by Gasteiger charge is -2.18. The van der Waals surface area contributed by atoms with Crippen molar-refractivity contribution in [1.82, 2.24) is 0 Å². The second kappa shape index (κ2) is 6.76. The van der Waals surface area contributed by atoms with Crippen molar-refractivity contribution in [2.75, 3.05) is 11.9 Å². The maximum absolute atomic E-state index is 12.2. The van der Waals surface area contributed by atoms with E-state index in [2.05, 4.69) is 5.32 Å². The number of nitrogens with two attached hydrogens (primary N) is 1. The molecule has 2 atom stereocenters. The Bertz CT molecular complexity index is 409. The summed E-state index contributed by atoms with van der Waals surface area (Å²) in [7, 11) is 0. The van der Waals surface area contributed by atoms with Crippen LogP contribution < -0.4 is 11.1 Å². The van der Waals surface area contributed by atoms with Crippen molar-refractivity contribution in [3.8, 4) is 0 Å². The van der Waals surface area contributed by atoms with Crippen molar-refractivity contribution in [2.24, 2.45) is 17.6 Å². The van der Waals surface area contributed by atoms with Gasteiger partial charge in [0.2, 0.25) is 5.91 Å². The van der Waals surface area contributed by atoms with Crippen LogP contribution in [0.2, 0.25) is 0 Å². The predicted octanol–water partition coefficient (Wildman–Crippen LogP) is 2.73. The molecule has 0 saturated heterocycles. The van der Waals surface area contributed by atoms with Crippen LogP contribution in [0.25, 0.3) is 0 Å². The molecule has 0 heterocycles. The van der Waals surface area contributed by atoms with Crippen molar-refractivity contribution in [3.63, 3.8) is 0 Å². The number of halogens is 1. The molecule has 1 aliphatic carbocycles. The van der Waals surface area contributed by atoms with E-state index in [4.69, 9.17) is 5.73 Å². The number of hydrogen-bond acceptors (Lipinski definition) is 2. The zero-order valence-electron chi connectivity index (χ0n) is 10.7. The van der Waals surface area contributed by atoms with Crippen LogP contribution in [0.3, 0.4) is 0 Å². The summed E-state index contributed by atoms with van der Waals surface area (Å²) in [6.45, 7) is 2.62. The van der Waals surface area contributed by atoms with Crippen molar-refractivity contribution < 1.29 is 4.79 Å². The van der Waals surface area contributed by atoms with E-state index in [1.807, 2.05) is 31.2 Å². The van der Waals surface area contributed by atoms with Crippen LogP contribution >= 0.6 is 12.4 Å². The van der Waals surface area contributed by atoms with Gasteiger partial charge >= 0.3 is 0 Å². The fraction of sp³-hybridized carbons (Fsp3) is 0.500. The Hall–Kier alpha value is -1.06. The molecule has 1 fully saturated rings. The van der Waals surface area contributed by atoms with Crippen LogP contribution in [0.4, 0.5) is 5.69 Å². The fourth-order valence-corrected chi connectivity index (χ4v) is 2.60. The van der Waals surface area contributed by atoms with Crippen LogP contribution in [-0.2, 0) is 4.79 Å². The van der Waals surface area contributed by atoms with Crippen molar-refractivity contribution >= 4 is 24.0 Å². The van der Waals surface area contributed by atoms with Crippen LogP contribution in [0.1, 0.15) is 24.8 Å². The van der Waals surface area contributed by atoms with E-state index >= 15 is 0 Å². The normalized spacial score (nSPS) is 22.3. The van der Waals surface area contributed by atoms with Gasteiger partial charge in [-0.05, 0) is 43.9 Å². The van der Waals surface area contributed by atoms with Gasteiger partial charge in [0.1, 0.15) is 0 Å². The molecule has 0 unspecified atom stereocenters. The van der Waals surface area contributed by atoms with Gasteiger partial charge in [-0.25, -0.2) is 0 Å². The van der Waals surface area contributed by atoms with Crippen LogP contribution in [0.15, 0.2) is 24.3 Å². The molecule has 1 aromatic carbocycles. The van der Waals surface area contributed by atoms with Crippen LogP contribution in [0, 0.1) is 18.8 Å². The zero-order valence-corrected chi connectivity index (χ0v) is 11.5. The molecule has 0 radical (unpaired) electrons. The molecule has 1 amide bonds. The summed E-state index contributed by atoms with van der Waals surface area (Å²) < 4.78 is 0. The summed E-state index contributed by atoms with van der Waals surface area (Å²) in [5, 5.41) is 3.02. The molecule has 0 spiro atoms. The Morgan fingerprint density at radius 3 is 2.78 bits per heavy atom. The number of carbonyl (C=O) groups is 1. The Labute approximate surface area is 115 Å². The minimum Gasteiger partial charge on any atom is -0.330 e. The van der Waals surface area contributed by atoms with Gasteiger partial charge in [-0.15, -0.1) is 12.4 Å². The van der Waals surface area contributed by atoms with E-state index in [0.29, 0.717) is 12.5 Å². The van der Waals surface area contributed by atoms with Crippen LogP contribution in [-0.4, -0.2) is 12.5 Å². The first-order valence-electron chi connectivity index (χ1n) is 6.29. The van der Waals surface area contributed by atoms with Gasteiger partial charge in [0.05, 0.1) is 0 Å². The molecular weight excluding hydrogens is 248 g/mol. The third kappa shape index (κ3) is 3.24. The molecule has 1 aliphatic rings. The number of para-hydroxylation sites is 1. The fourth-order valence-electron chi connectivity index (χ4n) is 2.60. The second-order valence-corrected chi connectivity index (χ2v) is 4.84. The van der Waals surface area contributed by atoms with Gasteiger partial charge < -0.3 is 11.1 Å². The summed E-state index contributed by atoms with van der Waals surface area (Å²) in [5.41, 5.74) is 7.72. The van der Waals surface area contributed by atoms with E-state index in [1.54, 1.807) is 0 Å². The van der Waals surface area contributed by atoms with Crippen molar-refractivity contribution in [2.45, 2.75) is 26.2 Å². The number of amides is 1. The Morgan fingerprint density at radius 2 is 2.11 bits per heavy atom.